The molecule has 446 valence electrons. The Morgan fingerprint density at radius 1 is 0.468 bits per heavy atom. The van der Waals surface area contributed by atoms with Crippen molar-refractivity contribution in [2.24, 2.45) is 0 Å². The van der Waals surface area contributed by atoms with Crippen LogP contribution in [0.2, 0.25) is 0 Å². The van der Waals surface area contributed by atoms with Gasteiger partial charge in [-0.3, -0.25) is 18.6 Å². The third-order valence-electron chi connectivity index (χ3n) is 13.8. The molecule has 3 atom stereocenters. The Balaban J connectivity index is 5.23. The average molecular weight is 1100 g/mol. The summed E-state index contributed by atoms with van der Waals surface area (Å²) >= 11 is 0. The molecule has 0 aromatic carbocycles. The zero-order valence-corrected chi connectivity index (χ0v) is 51.8. The topological polar surface area (TPSA) is 111 Å². The Bertz CT molecular complexity index is 1590. The molecule has 0 rings (SSSR count). The standard InChI is InChI=1S/C67H121N2O7P/c1-7-10-13-16-19-22-25-27-29-31-33-34-36-37-39-41-44-47-50-53-56-59-66(70)68-64(63-75-77(72,73)74-62-61-69(4,5)6)65(58-55-52-49-46-43-24-21-18-15-12-9-3)76-67(71)60-57-54-51-48-45-42-40-38-35-32-30-28-26-23-20-17-14-11-8-2/h11,14,20,23,27-30,35,38,42,45,55,58,64-65H,7-10,12-13,15-19,21-22,24-26,31-34,36-37,39-41,43-44,46-54,56-57,59-63H2,1-6H3,(H-,68,70,72,73)/p+1/b14-11-,23-20-,29-27+,30-28-,38-35-,45-42-,58-55+. The highest BCUT2D eigenvalue weighted by Gasteiger charge is 2.30. The molecule has 0 aromatic heterocycles. The van der Waals surface area contributed by atoms with Gasteiger partial charge in [-0.2, -0.15) is 0 Å². The van der Waals surface area contributed by atoms with Crippen LogP contribution in [0.25, 0.3) is 0 Å². The molecule has 0 radical (unpaired) electrons. The third kappa shape index (κ3) is 57.7. The number of carbonyl (C=O) groups excluding carboxylic acids is 2. The van der Waals surface area contributed by atoms with E-state index in [4.69, 9.17) is 13.8 Å². The van der Waals surface area contributed by atoms with Gasteiger partial charge in [-0.1, -0.05) is 247 Å². The van der Waals surface area contributed by atoms with Crippen molar-refractivity contribution >= 4 is 19.7 Å². The van der Waals surface area contributed by atoms with Gasteiger partial charge < -0.3 is 19.4 Å². The van der Waals surface area contributed by atoms with Crippen molar-refractivity contribution < 1.29 is 37.3 Å². The number of hydrogen-bond donors (Lipinski definition) is 2. The summed E-state index contributed by atoms with van der Waals surface area (Å²) in [6.45, 7) is 6.88. The second-order valence-electron chi connectivity index (χ2n) is 22.5. The molecule has 0 aliphatic carbocycles. The molecule has 0 fully saturated rings. The average Bonchev–Trinajstić information content (AvgIpc) is 3.39. The lowest BCUT2D eigenvalue weighted by atomic mass is 10.0. The Kier molecular flexibility index (Phi) is 54.4. The number of amides is 1. The number of phosphoric acid groups is 1. The number of ether oxygens (including phenoxy) is 1. The minimum absolute atomic E-state index is 0.0317. The van der Waals surface area contributed by atoms with Crippen LogP contribution < -0.4 is 5.32 Å². The van der Waals surface area contributed by atoms with E-state index in [-0.39, 0.29) is 31.5 Å². The predicted octanol–water partition coefficient (Wildman–Crippen LogP) is 19.8. The number of unbranched alkanes of at least 4 members (excludes halogenated alkanes) is 29. The van der Waals surface area contributed by atoms with Gasteiger partial charge in [0.1, 0.15) is 19.3 Å². The van der Waals surface area contributed by atoms with Gasteiger partial charge in [0.25, 0.3) is 0 Å². The van der Waals surface area contributed by atoms with Crippen LogP contribution in [0, 0.1) is 0 Å². The Morgan fingerprint density at radius 2 is 0.831 bits per heavy atom. The first-order valence-corrected chi connectivity index (χ1v) is 33.4. The summed E-state index contributed by atoms with van der Waals surface area (Å²) in [5.74, 6) is -0.543. The van der Waals surface area contributed by atoms with Crippen molar-refractivity contribution in [2.75, 3.05) is 40.9 Å². The fourth-order valence-electron chi connectivity index (χ4n) is 8.90. The van der Waals surface area contributed by atoms with Crippen LogP contribution in [0.4, 0.5) is 0 Å². The second kappa shape index (κ2) is 56.5. The van der Waals surface area contributed by atoms with Gasteiger partial charge in [0, 0.05) is 12.8 Å². The number of allylic oxidation sites excluding steroid dienone is 13. The fourth-order valence-corrected chi connectivity index (χ4v) is 9.64. The molecule has 0 saturated heterocycles. The van der Waals surface area contributed by atoms with Gasteiger partial charge in [-0.15, -0.1) is 0 Å². The highest BCUT2D eigenvalue weighted by Crippen LogP contribution is 2.43. The molecule has 2 N–H and O–H groups in total. The number of esters is 1. The van der Waals surface area contributed by atoms with Gasteiger partial charge in [0.2, 0.25) is 5.91 Å². The summed E-state index contributed by atoms with van der Waals surface area (Å²) in [5.41, 5.74) is 0. The van der Waals surface area contributed by atoms with E-state index >= 15 is 0 Å². The molecular weight excluding hydrogens is 976 g/mol. The SMILES string of the molecule is CC/C=C\C/C=C\C/C=C\C/C=C\C/C=C\CCCCCC(=O)OC(/C=C/CCCCCCCCCCC)C(COP(=O)(O)OCC[N+](C)(C)C)NC(=O)CCCCCCCCCCCCC/C=C/CCCCCCCC. The summed E-state index contributed by atoms with van der Waals surface area (Å²) < 4.78 is 30.7. The summed E-state index contributed by atoms with van der Waals surface area (Å²) in [6, 6.07) is -0.866. The number of quaternary nitrogens is 1. The van der Waals surface area contributed by atoms with E-state index in [0.29, 0.717) is 23.9 Å². The number of hydrogen-bond acceptors (Lipinski definition) is 6. The zero-order chi connectivity index (χ0) is 56.4. The third-order valence-corrected chi connectivity index (χ3v) is 14.8. The van der Waals surface area contributed by atoms with Gasteiger partial charge in [-0.05, 0) is 102 Å². The predicted molar refractivity (Wildman–Crippen MR) is 332 cm³/mol. The van der Waals surface area contributed by atoms with Crippen LogP contribution in [0.1, 0.15) is 278 Å². The lowest BCUT2D eigenvalue weighted by molar-refractivity contribution is -0.870. The molecule has 1 amide bonds. The van der Waals surface area contributed by atoms with Gasteiger partial charge in [-0.25, -0.2) is 4.57 Å². The molecule has 10 heteroatoms. The van der Waals surface area contributed by atoms with Gasteiger partial charge in [0.15, 0.2) is 0 Å². The van der Waals surface area contributed by atoms with Crippen LogP contribution >= 0.6 is 7.82 Å². The summed E-state index contributed by atoms with van der Waals surface area (Å²) in [4.78, 5) is 37.7. The first-order chi connectivity index (χ1) is 37.4. The number of nitrogens with one attached hydrogen (secondary N) is 1. The number of likely N-dealkylation sites (N-methyl/N-ethyl adjacent to an activating group) is 1. The van der Waals surface area contributed by atoms with Crippen molar-refractivity contribution in [2.45, 2.75) is 290 Å². The van der Waals surface area contributed by atoms with Crippen LogP contribution in [-0.2, 0) is 27.9 Å². The molecule has 3 unspecified atom stereocenters. The first kappa shape index (κ1) is 74.2. The van der Waals surface area contributed by atoms with Crippen LogP contribution in [0.15, 0.2) is 85.1 Å². The Morgan fingerprint density at radius 3 is 1.27 bits per heavy atom. The monoisotopic (exact) mass is 1100 g/mol. The van der Waals surface area contributed by atoms with E-state index in [0.717, 1.165) is 89.9 Å². The molecule has 77 heavy (non-hydrogen) atoms. The van der Waals surface area contributed by atoms with Gasteiger partial charge >= 0.3 is 13.8 Å². The molecule has 0 bridgehead atoms. The highest BCUT2D eigenvalue weighted by atomic mass is 31.2. The maximum atomic E-state index is 13.6. The molecular formula is C67H122N2O7P+. The highest BCUT2D eigenvalue weighted by molar-refractivity contribution is 7.47. The summed E-state index contributed by atoms with van der Waals surface area (Å²) in [6.07, 6.45) is 74.4. The zero-order valence-electron chi connectivity index (χ0n) is 50.9. The number of nitrogens with zero attached hydrogens (tertiary/aromatic N) is 1. The second-order valence-corrected chi connectivity index (χ2v) is 24.0. The summed E-state index contributed by atoms with van der Waals surface area (Å²) in [7, 11) is 1.47. The lowest BCUT2D eigenvalue weighted by Crippen LogP contribution is -2.47. The largest absolute Gasteiger partial charge is 0.472 e. The number of phosphoric ester groups is 1. The fraction of sp³-hybridized carbons (Fsp3) is 0.761. The van der Waals surface area contributed by atoms with E-state index in [1.165, 1.54) is 148 Å². The van der Waals surface area contributed by atoms with E-state index in [1.807, 2.05) is 33.3 Å². The van der Waals surface area contributed by atoms with E-state index in [2.05, 4.69) is 99.0 Å². The van der Waals surface area contributed by atoms with E-state index in [9.17, 15) is 19.0 Å². The first-order valence-electron chi connectivity index (χ1n) is 31.9. The maximum absolute atomic E-state index is 13.6. The molecule has 0 spiro atoms. The maximum Gasteiger partial charge on any atom is 0.472 e. The van der Waals surface area contributed by atoms with Crippen LogP contribution in [-0.4, -0.2) is 74.3 Å². The Labute approximate surface area is 476 Å². The van der Waals surface area contributed by atoms with Crippen molar-refractivity contribution in [1.82, 2.24) is 5.32 Å². The number of rotatable bonds is 57. The van der Waals surface area contributed by atoms with E-state index in [1.54, 1.807) is 0 Å². The molecule has 0 aromatic rings. The Hall–Kier alpha value is -2.81. The quantitative estimate of drug-likeness (QED) is 0.0205. The van der Waals surface area contributed by atoms with Crippen molar-refractivity contribution in [3.8, 4) is 0 Å². The smallest absolute Gasteiger partial charge is 0.456 e. The van der Waals surface area contributed by atoms with Crippen molar-refractivity contribution in [3.05, 3.63) is 85.1 Å². The molecule has 0 saturated carbocycles. The lowest BCUT2D eigenvalue weighted by Gasteiger charge is -2.27. The minimum Gasteiger partial charge on any atom is -0.456 e. The molecule has 0 aliphatic heterocycles. The molecule has 9 nitrogen and oxygen atoms in total. The molecule has 0 aliphatic rings. The normalized spacial score (nSPS) is 14.2. The van der Waals surface area contributed by atoms with Crippen LogP contribution in [0.3, 0.4) is 0 Å². The summed E-state index contributed by atoms with van der Waals surface area (Å²) in [5, 5.41) is 3.05. The molecule has 0 heterocycles. The van der Waals surface area contributed by atoms with Gasteiger partial charge in [0.05, 0.1) is 33.8 Å². The van der Waals surface area contributed by atoms with Crippen molar-refractivity contribution in [3.63, 3.8) is 0 Å². The number of carbonyl (C=O) groups is 2. The van der Waals surface area contributed by atoms with E-state index < -0.39 is 20.0 Å². The van der Waals surface area contributed by atoms with Crippen molar-refractivity contribution in [1.29, 1.82) is 0 Å². The minimum atomic E-state index is -4.46. The van der Waals surface area contributed by atoms with Crippen LogP contribution in [0.5, 0.6) is 0 Å².